The minimum absolute atomic E-state index is 0.227. The average Bonchev–Trinajstić information content (AvgIpc) is 2.42. The molecule has 0 saturated carbocycles. The van der Waals surface area contributed by atoms with E-state index in [1.165, 1.54) is 7.11 Å². The molecule has 0 bridgehead atoms. The molecule has 1 aromatic carbocycles. The average molecular weight is 257 g/mol. The first-order valence-corrected chi connectivity index (χ1v) is 5.78. The van der Waals surface area contributed by atoms with Gasteiger partial charge in [-0.3, -0.25) is 4.79 Å². The van der Waals surface area contributed by atoms with Crippen LogP contribution in [0.25, 0.3) is 0 Å². The Hall–Kier alpha value is -2.56. The summed E-state index contributed by atoms with van der Waals surface area (Å²) >= 11 is 0. The topological polar surface area (TPSA) is 77.2 Å². The van der Waals surface area contributed by atoms with Crippen molar-refractivity contribution >= 4 is 17.3 Å². The van der Waals surface area contributed by atoms with Crippen LogP contribution in [0.2, 0.25) is 0 Å². The fraction of sp³-hybridized carbons (Fsp3) is 0.143. The van der Waals surface area contributed by atoms with Gasteiger partial charge >= 0.3 is 0 Å². The molecule has 1 heterocycles. The summed E-state index contributed by atoms with van der Waals surface area (Å²) in [5, 5.41) is 2.76. The van der Waals surface area contributed by atoms with E-state index in [4.69, 9.17) is 10.5 Å². The molecule has 0 saturated heterocycles. The number of nitrogens with one attached hydrogen (secondary N) is 1. The maximum Gasteiger partial charge on any atom is 0.255 e. The van der Waals surface area contributed by atoms with Gasteiger partial charge in [0.05, 0.1) is 7.11 Å². The summed E-state index contributed by atoms with van der Waals surface area (Å²) in [6, 6.07) is 8.60. The Bertz CT molecular complexity index is 611. The highest BCUT2D eigenvalue weighted by atomic mass is 16.5. The first kappa shape index (κ1) is 12.9. The molecular formula is C14H15N3O2. The summed E-state index contributed by atoms with van der Waals surface area (Å²) in [6.07, 6.45) is 1.60. The normalized spacial score (nSPS) is 10.0. The molecule has 0 aliphatic rings. The van der Waals surface area contributed by atoms with E-state index in [-0.39, 0.29) is 5.91 Å². The van der Waals surface area contributed by atoms with Crippen molar-refractivity contribution in [1.82, 2.24) is 4.98 Å². The molecule has 5 nitrogen and oxygen atoms in total. The molecular weight excluding hydrogens is 242 g/mol. The molecule has 0 aliphatic heterocycles. The van der Waals surface area contributed by atoms with Crippen LogP contribution in [-0.2, 0) is 0 Å². The van der Waals surface area contributed by atoms with Crippen LogP contribution in [0.15, 0.2) is 36.5 Å². The third-order valence-electron chi connectivity index (χ3n) is 2.74. The molecule has 0 unspecified atom stereocenters. The monoisotopic (exact) mass is 257 g/mol. The maximum absolute atomic E-state index is 12.1. The fourth-order valence-corrected chi connectivity index (χ4v) is 1.66. The van der Waals surface area contributed by atoms with Crippen molar-refractivity contribution in [2.75, 3.05) is 18.2 Å². The molecule has 0 spiro atoms. The second-order valence-corrected chi connectivity index (χ2v) is 4.09. The molecule has 2 rings (SSSR count). The van der Waals surface area contributed by atoms with Gasteiger partial charge in [-0.25, -0.2) is 4.98 Å². The van der Waals surface area contributed by atoms with E-state index in [0.29, 0.717) is 22.8 Å². The summed E-state index contributed by atoms with van der Waals surface area (Å²) in [4.78, 5) is 16.1. The number of hydrogen-bond donors (Lipinski definition) is 2. The highest BCUT2D eigenvalue weighted by Gasteiger charge is 2.10. The van der Waals surface area contributed by atoms with Gasteiger partial charge in [0, 0.05) is 17.4 Å². The summed E-state index contributed by atoms with van der Waals surface area (Å²) in [7, 11) is 1.51. The Kier molecular flexibility index (Phi) is 3.66. The lowest BCUT2D eigenvalue weighted by molar-refractivity contribution is 0.102. The van der Waals surface area contributed by atoms with Gasteiger partial charge in [-0.05, 0) is 42.8 Å². The van der Waals surface area contributed by atoms with Gasteiger partial charge < -0.3 is 15.8 Å². The van der Waals surface area contributed by atoms with Crippen LogP contribution >= 0.6 is 0 Å². The SMILES string of the molecule is COc1ncccc1NC(=O)c1ccc(N)c(C)c1. The van der Waals surface area contributed by atoms with Crippen LogP contribution in [0.1, 0.15) is 15.9 Å². The molecule has 2 aromatic rings. The zero-order valence-corrected chi connectivity index (χ0v) is 10.8. The van der Waals surface area contributed by atoms with Crippen LogP contribution < -0.4 is 15.8 Å². The predicted molar refractivity (Wildman–Crippen MR) is 74.3 cm³/mol. The molecule has 19 heavy (non-hydrogen) atoms. The van der Waals surface area contributed by atoms with Crippen LogP contribution in [0.3, 0.4) is 0 Å². The molecule has 5 heteroatoms. The number of rotatable bonds is 3. The highest BCUT2D eigenvalue weighted by molar-refractivity contribution is 6.05. The number of aryl methyl sites for hydroxylation is 1. The van der Waals surface area contributed by atoms with Gasteiger partial charge in [0.25, 0.3) is 5.91 Å². The quantitative estimate of drug-likeness (QED) is 0.827. The number of anilines is 2. The summed E-state index contributed by atoms with van der Waals surface area (Å²) in [5.41, 5.74) is 8.33. The Morgan fingerprint density at radius 1 is 1.37 bits per heavy atom. The highest BCUT2D eigenvalue weighted by Crippen LogP contribution is 2.21. The standard InChI is InChI=1S/C14H15N3O2/c1-9-8-10(5-6-11(9)15)13(18)17-12-4-3-7-16-14(12)19-2/h3-8H,15H2,1-2H3,(H,17,18). The molecule has 1 aromatic heterocycles. The van der Waals surface area contributed by atoms with E-state index in [2.05, 4.69) is 10.3 Å². The van der Waals surface area contributed by atoms with Crippen molar-refractivity contribution in [2.24, 2.45) is 0 Å². The number of methoxy groups -OCH3 is 1. The Morgan fingerprint density at radius 3 is 2.84 bits per heavy atom. The van der Waals surface area contributed by atoms with Crippen molar-refractivity contribution in [3.63, 3.8) is 0 Å². The molecule has 1 amide bonds. The number of aromatic nitrogens is 1. The summed E-state index contributed by atoms with van der Waals surface area (Å²) in [5.74, 6) is 0.150. The zero-order chi connectivity index (χ0) is 13.8. The van der Waals surface area contributed by atoms with Gasteiger partial charge in [-0.15, -0.1) is 0 Å². The van der Waals surface area contributed by atoms with Crippen LogP contribution in [0, 0.1) is 6.92 Å². The van der Waals surface area contributed by atoms with Gasteiger partial charge in [0.1, 0.15) is 5.69 Å². The summed E-state index contributed by atoms with van der Waals surface area (Å²) < 4.78 is 5.08. The van der Waals surface area contributed by atoms with Gasteiger partial charge in [0.15, 0.2) is 0 Å². The van der Waals surface area contributed by atoms with Crippen molar-refractivity contribution in [1.29, 1.82) is 0 Å². The second kappa shape index (κ2) is 5.39. The van der Waals surface area contributed by atoms with E-state index in [1.54, 1.807) is 36.5 Å². The minimum Gasteiger partial charge on any atom is -0.480 e. The summed E-state index contributed by atoms with van der Waals surface area (Å²) in [6.45, 7) is 1.86. The molecule has 98 valence electrons. The number of nitrogens with zero attached hydrogens (tertiary/aromatic N) is 1. The number of nitrogens with two attached hydrogens (primary N) is 1. The number of carbonyl (C=O) groups excluding carboxylic acids is 1. The lowest BCUT2D eigenvalue weighted by Gasteiger charge is -2.09. The number of ether oxygens (including phenoxy) is 1. The number of pyridine rings is 1. The Labute approximate surface area is 111 Å². The lowest BCUT2D eigenvalue weighted by atomic mass is 10.1. The fourth-order valence-electron chi connectivity index (χ4n) is 1.66. The number of benzene rings is 1. The van der Waals surface area contributed by atoms with Crippen molar-refractivity contribution in [3.8, 4) is 5.88 Å². The molecule has 0 atom stereocenters. The number of carbonyl (C=O) groups is 1. The first-order chi connectivity index (χ1) is 9.11. The van der Waals surface area contributed by atoms with Crippen LogP contribution in [0.5, 0.6) is 5.88 Å². The van der Waals surface area contributed by atoms with Crippen molar-refractivity contribution < 1.29 is 9.53 Å². The van der Waals surface area contributed by atoms with Crippen LogP contribution in [0.4, 0.5) is 11.4 Å². The molecule has 0 fully saturated rings. The van der Waals surface area contributed by atoms with Crippen LogP contribution in [-0.4, -0.2) is 18.0 Å². The maximum atomic E-state index is 12.1. The van der Waals surface area contributed by atoms with E-state index < -0.39 is 0 Å². The van der Waals surface area contributed by atoms with Gasteiger partial charge in [-0.1, -0.05) is 0 Å². The largest absolute Gasteiger partial charge is 0.480 e. The second-order valence-electron chi connectivity index (χ2n) is 4.09. The van der Waals surface area contributed by atoms with Crippen molar-refractivity contribution in [3.05, 3.63) is 47.7 Å². The van der Waals surface area contributed by atoms with Crippen molar-refractivity contribution in [2.45, 2.75) is 6.92 Å². The van der Waals surface area contributed by atoms with Gasteiger partial charge in [-0.2, -0.15) is 0 Å². The van der Waals surface area contributed by atoms with E-state index in [0.717, 1.165) is 5.56 Å². The molecule has 0 aliphatic carbocycles. The number of amides is 1. The van der Waals surface area contributed by atoms with E-state index in [9.17, 15) is 4.79 Å². The third-order valence-corrected chi connectivity index (χ3v) is 2.74. The van der Waals surface area contributed by atoms with E-state index >= 15 is 0 Å². The number of nitrogen functional groups attached to an aromatic ring is 1. The number of hydrogen-bond acceptors (Lipinski definition) is 4. The molecule has 0 radical (unpaired) electrons. The Morgan fingerprint density at radius 2 is 2.16 bits per heavy atom. The molecule has 3 N–H and O–H groups in total. The lowest BCUT2D eigenvalue weighted by Crippen LogP contribution is -2.13. The van der Waals surface area contributed by atoms with E-state index in [1.807, 2.05) is 6.92 Å². The minimum atomic E-state index is -0.227. The first-order valence-electron chi connectivity index (χ1n) is 5.78. The van der Waals surface area contributed by atoms with Gasteiger partial charge in [0.2, 0.25) is 5.88 Å². The smallest absolute Gasteiger partial charge is 0.255 e. The predicted octanol–water partition coefficient (Wildman–Crippen LogP) is 2.23. The zero-order valence-electron chi connectivity index (χ0n) is 10.8. The third kappa shape index (κ3) is 2.82. The Balaban J connectivity index is 2.23.